The molecule has 1 aliphatic rings. The minimum Gasteiger partial charge on any atom is -0.457 e. The minimum atomic E-state index is -0.593. The van der Waals surface area contributed by atoms with Crippen LogP contribution in [0.2, 0.25) is 0 Å². The van der Waals surface area contributed by atoms with Crippen LogP contribution in [0, 0.1) is 0 Å². The second-order valence-electron chi connectivity index (χ2n) is 7.25. The van der Waals surface area contributed by atoms with E-state index in [2.05, 4.69) is 9.88 Å². The molecule has 0 saturated carbocycles. The standard InChI is InChI=1S/C23H24N4O3/c24-16-5-4-12-27(15-16)17-13-21(22(25)28)23(26-14-17)30-20-10-8-19(9-11-20)29-18-6-2-1-3-7-18/h1-3,6-11,13-14,16H,4-5,12,15,24H2,(H2,25,28). The summed E-state index contributed by atoms with van der Waals surface area (Å²) in [4.78, 5) is 18.5. The summed E-state index contributed by atoms with van der Waals surface area (Å²) in [5.74, 6) is 1.53. The lowest BCUT2D eigenvalue weighted by molar-refractivity contribution is 0.0997. The van der Waals surface area contributed by atoms with E-state index in [4.69, 9.17) is 20.9 Å². The number of ether oxygens (including phenoxy) is 2. The lowest BCUT2D eigenvalue weighted by Crippen LogP contribution is -2.43. The van der Waals surface area contributed by atoms with Gasteiger partial charge in [0.2, 0.25) is 5.88 Å². The van der Waals surface area contributed by atoms with Crippen molar-refractivity contribution in [3.8, 4) is 23.1 Å². The molecule has 7 nitrogen and oxygen atoms in total. The van der Waals surface area contributed by atoms with E-state index >= 15 is 0 Å². The summed E-state index contributed by atoms with van der Waals surface area (Å²) in [6.07, 6.45) is 3.69. The molecule has 1 saturated heterocycles. The highest BCUT2D eigenvalue weighted by atomic mass is 16.5. The summed E-state index contributed by atoms with van der Waals surface area (Å²) >= 11 is 0. The molecule has 1 unspecified atom stereocenters. The number of benzene rings is 2. The van der Waals surface area contributed by atoms with Gasteiger partial charge >= 0.3 is 0 Å². The molecule has 1 aromatic heterocycles. The molecule has 4 rings (SSSR count). The number of hydrogen-bond donors (Lipinski definition) is 2. The fraction of sp³-hybridized carbons (Fsp3) is 0.217. The van der Waals surface area contributed by atoms with Gasteiger partial charge in [-0.2, -0.15) is 0 Å². The Labute approximate surface area is 175 Å². The van der Waals surface area contributed by atoms with Crippen molar-refractivity contribution in [2.75, 3.05) is 18.0 Å². The minimum absolute atomic E-state index is 0.114. The van der Waals surface area contributed by atoms with Crippen LogP contribution in [-0.2, 0) is 0 Å². The van der Waals surface area contributed by atoms with E-state index in [1.54, 1.807) is 36.5 Å². The lowest BCUT2D eigenvalue weighted by atomic mass is 10.1. The molecule has 3 aromatic rings. The zero-order chi connectivity index (χ0) is 20.9. The molecular weight excluding hydrogens is 380 g/mol. The molecule has 1 amide bonds. The molecule has 7 heteroatoms. The van der Waals surface area contributed by atoms with Crippen LogP contribution in [0.5, 0.6) is 23.1 Å². The van der Waals surface area contributed by atoms with Crippen molar-refractivity contribution in [2.24, 2.45) is 11.5 Å². The van der Waals surface area contributed by atoms with Gasteiger partial charge in [-0.05, 0) is 55.3 Å². The highest BCUT2D eigenvalue weighted by Gasteiger charge is 2.20. The molecule has 30 heavy (non-hydrogen) atoms. The molecule has 0 bridgehead atoms. The van der Waals surface area contributed by atoms with Gasteiger partial charge in [-0.3, -0.25) is 4.79 Å². The Hall–Kier alpha value is -3.58. The summed E-state index contributed by atoms with van der Waals surface area (Å²) in [7, 11) is 0. The number of anilines is 1. The van der Waals surface area contributed by atoms with Gasteiger partial charge < -0.3 is 25.8 Å². The normalized spacial score (nSPS) is 16.2. The third kappa shape index (κ3) is 4.69. The van der Waals surface area contributed by atoms with Crippen LogP contribution in [0.3, 0.4) is 0 Å². The Kier molecular flexibility index (Phi) is 5.81. The molecule has 154 valence electrons. The Morgan fingerprint density at radius 1 is 1.00 bits per heavy atom. The average Bonchev–Trinajstić information content (AvgIpc) is 2.76. The average molecular weight is 404 g/mol. The zero-order valence-corrected chi connectivity index (χ0v) is 16.5. The van der Waals surface area contributed by atoms with Gasteiger partial charge in [0.1, 0.15) is 22.8 Å². The van der Waals surface area contributed by atoms with Crippen molar-refractivity contribution >= 4 is 11.6 Å². The quantitative estimate of drug-likeness (QED) is 0.649. The van der Waals surface area contributed by atoms with E-state index in [0.29, 0.717) is 11.5 Å². The van der Waals surface area contributed by atoms with Gasteiger partial charge in [0.25, 0.3) is 5.91 Å². The predicted molar refractivity (Wildman–Crippen MR) is 115 cm³/mol. The van der Waals surface area contributed by atoms with Crippen LogP contribution >= 0.6 is 0 Å². The van der Waals surface area contributed by atoms with Gasteiger partial charge in [0.15, 0.2) is 0 Å². The largest absolute Gasteiger partial charge is 0.457 e. The highest BCUT2D eigenvalue weighted by molar-refractivity contribution is 5.96. The van der Waals surface area contributed by atoms with E-state index in [1.807, 2.05) is 30.3 Å². The third-order valence-corrected chi connectivity index (χ3v) is 4.94. The van der Waals surface area contributed by atoms with Crippen molar-refractivity contribution in [3.05, 3.63) is 72.4 Å². The number of rotatable bonds is 6. The molecule has 4 N–H and O–H groups in total. The van der Waals surface area contributed by atoms with Gasteiger partial charge in [0, 0.05) is 19.1 Å². The molecule has 0 spiro atoms. The number of nitrogens with zero attached hydrogens (tertiary/aromatic N) is 2. The molecule has 0 radical (unpaired) electrons. The predicted octanol–water partition coefficient (Wildman–Crippen LogP) is 3.69. The van der Waals surface area contributed by atoms with Gasteiger partial charge in [-0.25, -0.2) is 4.98 Å². The van der Waals surface area contributed by atoms with Crippen LogP contribution in [-0.4, -0.2) is 30.0 Å². The smallest absolute Gasteiger partial charge is 0.254 e. The number of carbonyl (C=O) groups excluding carboxylic acids is 1. The Morgan fingerprint density at radius 3 is 2.33 bits per heavy atom. The van der Waals surface area contributed by atoms with Crippen LogP contribution < -0.4 is 25.8 Å². The van der Waals surface area contributed by atoms with E-state index < -0.39 is 5.91 Å². The van der Waals surface area contributed by atoms with Crippen molar-refractivity contribution in [1.82, 2.24) is 4.98 Å². The number of aromatic nitrogens is 1. The van der Waals surface area contributed by atoms with Crippen molar-refractivity contribution in [2.45, 2.75) is 18.9 Å². The number of nitrogens with two attached hydrogens (primary N) is 2. The number of para-hydroxylation sites is 1. The van der Waals surface area contributed by atoms with Crippen LogP contribution in [0.1, 0.15) is 23.2 Å². The van der Waals surface area contributed by atoms with Crippen LogP contribution in [0.4, 0.5) is 5.69 Å². The van der Waals surface area contributed by atoms with Gasteiger partial charge in [-0.1, -0.05) is 18.2 Å². The second-order valence-corrected chi connectivity index (χ2v) is 7.25. The number of pyridine rings is 1. The van der Waals surface area contributed by atoms with Crippen LogP contribution in [0.25, 0.3) is 0 Å². The maximum atomic E-state index is 12.0. The molecule has 1 aliphatic heterocycles. The lowest BCUT2D eigenvalue weighted by Gasteiger charge is -2.32. The van der Waals surface area contributed by atoms with Crippen molar-refractivity contribution in [3.63, 3.8) is 0 Å². The molecule has 1 atom stereocenters. The Bertz CT molecular complexity index is 1010. The van der Waals surface area contributed by atoms with E-state index in [-0.39, 0.29) is 17.5 Å². The molecule has 0 aliphatic carbocycles. The number of carbonyl (C=O) groups is 1. The maximum absolute atomic E-state index is 12.0. The maximum Gasteiger partial charge on any atom is 0.254 e. The monoisotopic (exact) mass is 404 g/mol. The van der Waals surface area contributed by atoms with E-state index in [1.165, 1.54) is 0 Å². The molecule has 2 heterocycles. The highest BCUT2D eigenvalue weighted by Crippen LogP contribution is 2.30. The number of piperidine rings is 1. The SMILES string of the molecule is NC(=O)c1cc(N2CCCC(N)C2)cnc1Oc1ccc(Oc2ccccc2)cc1. The summed E-state index contributed by atoms with van der Waals surface area (Å²) in [5, 5.41) is 0. The molecular formula is C23H24N4O3. The topological polar surface area (TPSA) is 104 Å². The van der Waals surface area contributed by atoms with Crippen molar-refractivity contribution < 1.29 is 14.3 Å². The molecule has 2 aromatic carbocycles. The summed E-state index contributed by atoms with van der Waals surface area (Å²) < 4.78 is 11.6. The van der Waals surface area contributed by atoms with Crippen LogP contribution in [0.15, 0.2) is 66.9 Å². The summed E-state index contributed by atoms with van der Waals surface area (Å²) in [6, 6.07) is 18.4. The van der Waals surface area contributed by atoms with Crippen molar-refractivity contribution in [1.29, 1.82) is 0 Å². The Balaban J connectivity index is 1.50. The zero-order valence-electron chi connectivity index (χ0n) is 16.5. The first-order valence-corrected chi connectivity index (χ1v) is 9.90. The number of amides is 1. The van der Waals surface area contributed by atoms with E-state index in [0.717, 1.165) is 37.4 Å². The fourth-order valence-electron chi connectivity index (χ4n) is 3.43. The number of hydrogen-bond acceptors (Lipinski definition) is 6. The Morgan fingerprint density at radius 2 is 1.67 bits per heavy atom. The first kappa shape index (κ1) is 19.7. The number of primary amides is 1. The van der Waals surface area contributed by atoms with Gasteiger partial charge in [0.05, 0.1) is 11.9 Å². The third-order valence-electron chi connectivity index (χ3n) is 4.94. The summed E-state index contributed by atoms with van der Waals surface area (Å²) in [5.41, 5.74) is 12.7. The first-order chi connectivity index (χ1) is 14.6. The summed E-state index contributed by atoms with van der Waals surface area (Å²) in [6.45, 7) is 1.60. The molecule has 1 fully saturated rings. The first-order valence-electron chi connectivity index (χ1n) is 9.90. The fourth-order valence-corrected chi connectivity index (χ4v) is 3.43. The van der Waals surface area contributed by atoms with Gasteiger partial charge in [-0.15, -0.1) is 0 Å². The second kappa shape index (κ2) is 8.84. The van der Waals surface area contributed by atoms with E-state index in [9.17, 15) is 4.79 Å².